The van der Waals surface area contributed by atoms with E-state index < -0.39 is 0 Å². The van der Waals surface area contributed by atoms with E-state index in [1.807, 2.05) is 26.0 Å². The number of hydrogen-bond acceptors (Lipinski definition) is 2. The van der Waals surface area contributed by atoms with Gasteiger partial charge >= 0.3 is 0 Å². The van der Waals surface area contributed by atoms with Gasteiger partial charge in [-0.25, -0.2) is 4.39 Å². The van der Waals surface area contributed by atoms with E-state index in [9.17, 15) is 4.39 Å². The molecule has 0 radical (unpaired) electrons. The van der Waals surface area contributed by atoms with Crippen LogP contribution in [0.15, 0.2) is 24.3 Å². The Morgan fingerprint density at radius 3 is 2.63 bits per heavy atom. The van der Waals surface area contributed by atoms with Crippen molar-refractivity contribution >= 4 is 0 Å². The molecule has 1 aromatic rings. The first-order valence-corrected chi connectivity index (χ1v) is 7.21. The van der Waals surface area contributed by atoms with Crippen molar-refractivity contribution in [1.82, 2.24) is 5.32 Å². The number of halogens is 1. The van der Waals surface area contributed by atoms with Gasteiger partial charge in [0.05, 0.1) is 6.10 Å². The van der Waals surface area contributed by atoms with E-state index in [4.69, 9.17) is 4.74 Å². The molecule has 3 heteroatoms. The summed E-state index contributed by atoms with van der Waals surface area (Å²) in [7, 11) is 0. The van der Waals surface area contributed by atoms with Crippen molar-refractivity contribution in [3.8, 4) is 0 Å². The lowest BCUT2D eigenvalue weighted by molar-refractivity contribution is 0.0715. The summed E-state index contributed by atoms with van der Waals surface area (Å²) >= 11 is 0. The summed E-state index contributed by atoms with van der Waals surface area (Å²) in [6.07, 6.45) is 2.96. The van der Waals surface area contributed by atoms with E-state index in [0.29, 0.717) is 13.0 Å². The van der Waals surface area contributed by atoms with Crippen LogP contribution in [0.5, 0.6) is 0 Å². The molecule has 1 N–H and O–H groups in total. The molecule has 108 valence electrons. The predicted molar refractivity (Wildman–Crippen MR) is 77.9 cm³/mol. The highest BCUT2D eigenvalue weighted by molar-refractivity contribution is 5.18. The van der Waals surface area contributed by atoms with E-state index in [0.717, 1.165) is 24.9 Å². The van der Waals surface area contributed by atoms with Crippen LogP contribution in [0.2, 0.25) is 0 Å². The quantitative estimate of drug-likeness (QED) is 0.739. The fourth-order valence-corrected chi connectivity index (χ4v) is 2.00. The van der Waals surface area contributed by atoms with Crippen LogP contribution in [0.3, 0.4) is 0 Å². The Morgan fingerprint density at radius 1 is 1.26 bits per heavy atom. The number of hydrogen-bond donors (Lipinski definition) is 1. The van der Waals surface area contributed by atoms with E-state index in [1.165, 1.54) is 6.07 Å². The van der Waals surface area contributed by atoms with Crippen LogP contribution < -0.4 is 5.32 Å². The molecule has 0 aromatic heterocycles. The van der Waals surface area contributed by atoms with Crippen LogP contribution in [0, 0.1) is 5.82 Å². The molecule has 0 saturated heterocycles. The monoisotopic (exact) mass is 267 g/mol. The molecule has 1 atom stereocenters. The van der Waals surface area contributed by atoms with Gasteiger partial charge in [-0.05, 0) is 51.3 Å². The number of nitrogens with one attached hydrogen (secondary N) is 1. The third kappa shape index (κ3) is 6.69. The minimum absolute atomic E-state index is 0.115. The third-order valence-corrected chi connectivity index (χ3v) is 3.02. The Bertz CT molecular complexity index is 354. The maximum atomic E-state index is 13.7. The van der Waals surface area contributed by atoms with Crippen LogP contribution in [0.1, 0.15) is 39.2 Å². The molecular formula is C16H26FNO. The second kappa shape index (κ2) is 9.05. The Hall–Kier alpha value is -0.930. The molecule has 19 heavy (non-hydrogen) atoms. The minimum Gasteiger partial charge on any atom is -0.379 e. The van der Waals surface area contributed by atoms with Gasteiger partial charge in [0.15, 0.2) is 0 Å². The van der Waals surface area contributed by atoms with Crippen LogP contribution in [0.25, 0.3) is 0 Å². The number of benzene rings is 1. The SMILES string of the molecule is CCCNC(CCOC(C)C)Cc1ccccc1F. The number of ether oxygens (including phenoxy) is 1. The highest BCUT2D eigenvalue weighted by Gasteiger charge is 2.11. The summed E-state index contributed by atoms with van der Waals surface area (Å²) in [5.74, 6) is -0.115. The van der Waals surface area contributed by atoms with Gasteiger partial charge in [0.2, 0.25) is 0 Å². The molecule has 1 unspecified atom stereocenters. The first-order chi connectivity index (χ1) is 9.13. The molecule has 1 rings (SSSR count). The lowest BCUT2D eigenvalue weighted by Gasteiger charge is -2.19. The topological polar surface area (TPSA) is 21.3 Å². The highest BCUT2D eigenvalue weighted by atomic mass is 19.1. The Balaban J connectivity index is 2.51. The molecule has 0 aliphatic heterocycles. The van der Waals surface area contributed by atoms with Crippen molar-refractivity contribution in [3.05, 3.63) is 35.6 Å². The zero-order valence-corrected chi connectivity index (χ0v) is 12.3. The normalized spacial score (nSPS) is 12.9. The predicted octanol–water partition coefficient (Wildman–Crippen LogP) is 3.55. The van der Waals surface area contributed by atoms with Gasteiger partial charge < -0.3 is 10.1 Å². The van der Waals surface area contributed by atoms with Crippen molar-refractivity contribution in [2.24, 2.45) is 0 Å². The standard InChI is InChI=1S/C16H26FNO/c1-4-10-18-15(9-11-19-13(2)3)12-14-7-5-6-8-16(14)17/h5-8,13,15,18H,4,9-12H2,1-3H3. The maximum absolute atomic E-state index is 13.7. The van der Waals surface area contributed by atoms with Gasteiger partial charge in [-0.3, -0.25) is 0 Å². The summed E-state index contributed by atoms with van der Waals surface area (Å²) in [6.45, 7) is 7.88. The summed E-state index contributed by atoms with van der Waals surface area (Å²) in [5, 5.41) is 3.47. The van der Waals surface area contributed by atoms with Gasteiger partial charge in [-0.1, -0.05) is 25.1 Å². The number of rotatable bonds is 9. The lowest BCUT2D eigenvalue weighted by atomic mass is 10.0. The van der Waals surface area contributed by atoms with Crippen LogP contribution in [-0.4, -0.2) is 25.3 Å². The molecule has 2 nitrogen and oxygen atoms in total. The molecule has 0 saturated carbocycles. The van der Waals surface area contributed by atoms with Crippen molar-refractivity contribution < 1.29 is 9.13 Å². The Labute approximate surface area is 116 Å². The van der Waals surface area contributed by atoms with Crippen LogP contribution in [-0.2, 0) is 11.2 Å². The molecule has 0 aliphatic carbocycles. The van der Waals surface area contributed by atoms with E-state index in [-0.39, 0.29) is 18.0 Å². The Morgan fingerprint density at radius 2 is 2.00 bits per heavy atom. The first kappa shape index (κ1) is 16.1. The van der Waals surface area contributed by atoms with Gasteiger partial charge in [-0.2, -0.15) is 0 Å². The van der Waals surface area contributed by atoms with Crippen molar-refractivity contribution in [1.29, 1.82) is 0 Å². The zero-order valence-electron chi connectivity index (χ0n) is 12.3. The molecule has 0 aliphatic rings. The second-order valence-corrected chi connectivity index (χ2v) is 5.15. The zero-order chi connectivity index (χ0) is 14.1. The fraction of sp³-hybridized carbons (Fsp3) is 0.625. The first-order valence-electron chi connectivity index (χ1n) is 7.21. The van der Waals surface area contributed by atoms with Crippen molar-refractivity contribution in [2.45, 2.75) is 52.2 Å². The maximum Gasteiger partial charge on any atom is 0.126 e. The van der Waals surface area contributed by atoms with Gasteiger partial charge in [-0.15, -0.1) is 0 Å². The molecule has 1 aromatic carbocycles. The summed E-state index contributed by atoms with van der Waals surface area (Å²) in [5.41, 5.74) is 0.778. The van der Waals surface area contributed by atoms with Gasteiger partial charge in [0.25, 0.3) is 0 Å². The third-order valence-electron chi connectivity index (χ3n) is 3.02. The molecule has 0 heterocycles. The van der Waals surface area contributed by atoms with Crippen molar-refractivity contribution in [3.63, 3.8) is 0 Å². The average Bonchev–Trinajstić information content (AvgIpc) is 2.37. The molecule has 0 amide bonds. The fourth-order valence-electron chi connectivity index (χ4n) is 2.00. The van der Waals surface area contributed by atoms with Crippen LogP contribution in [0.4, 0.5) is 4.39 Å². The van der Waals surface area contributed by atoms with Crippen molar-refractivity contribution in [2.75, 3.05) is 13.2 Å². The minimum atomic E-state index is -0.115. The molecule has 0 bridgehead atoms. The van der Waals surface area contributed by atoms with E-state index in [1.54, 1.807) is 6.07 Å². The summed E-state index contributed by atoms with van der Waals surface area (Å²) in [6, 6.07) is 7.28. The van der Waals surface area contributed by atoms with Gasteiger partial charge in [0.1, 0.15) is 5.82 Å². The second-order valence-electron chi connectivity index (χ2n) is 5.15. The van der Waals surface area contributed by atoms with Crippen LogP contribution >= 0.6 is 0 Å². The largest absolute Gasteiger partial charge is 0.379 e. The molecule has 0 spiro atoms. The average molecular weight is 267 g/mol. The van der Waals surface area contributed by atoms with E-state index >= 15 is 0 Å². The van der Waals surface area contributed by atoms with Gasteiger partial charge in [0, 0.05) is 12.6 Å². The Kier molecular flexibility index (Phi) is 7.68. The summed E-state index contributed by atoms with van der Waals surface area (Å²) < 4.78 is 19.2. The lowest BCUT2D eigenvalue weighted by Crippen LogP contribution is -2.33. The van der Waals surface area contributed by atoms with E-state index in [2.05, 4.69) is 12.2 Å². The molecular weight excluding hydrogens is 241 g/mol. The smallest absolute Gasteiger partial charge is 0.126 e. The molecule has 0 fully saturated rings. The summed E-state index contributed by atoms with van der Waals surface area (Å²) in [4.78, 5) is 0. The highest BCUT2D eigenvalue weighted by Crippen LogP contribution is 2.11.